The van der Waals surface area contributed by atoms with Gasteiger partial charge in [-0.05, 0) is 45.0 Å². The molecule has 9 heteroatoms. The van der Waals surface area contributed by atoms with Crippen molar-refractivity contribution < 1.29 is 17.7 Å². The van der Waals surface area contributed by atoms with Gasteiger partial charge in [0.25, 0.3) is 0 Å². The fourth-order valence-corrected chi connectivity index (χ4v) is 4.01. The molecule has 0 radical (unpaired) electrons. The number of nitrogens with one attached hydrogen (secondary N) is 3. The minimum absolute atomic E-state index is 0.0372. The molecule has 0 spiro atoms. The van der Waals surface area contributed by atoms with Crippen LogP contribution in [0, 0.1) is 13.8 Å². The molecule has 2 aromatic rings. The SMILES string of the molecule is CCNCc1cccc(NC(=O)C(C)NS(=O)(=O)c2c(C)noc2C)c1. The first kappa shape index (κ1) is 20.1. The fourth-order valence-electron chi connectivity index (χ4n) is 2.48. The maximum Gasteiger partial charge on any atom is 0.246 e. The Morgan fingerprint density at radius 3 is 2.65 bits per heavy atom. The Bertz CT molecular complexity index is 857. The smallest absolute Gasteiger partial charge is 0.246 e. The van der Waals surface area contributed by atoms with Crippen molar-refractivity contribution in [1.82, 2.24) is 15.2 Å². The van der Waals surface area contributed by atoms with Gasteiger partial charge in [-0.3, -0.25) is 4.79 Å². The second kappa shape index (κ2) is 8.43. The van der Waals surface area contributed by atoms with Crippen LogP contribution in [0.4, 0.5) is 5.69 Å². The van der Waals surface area contributed by atoms with Crippen LogP contribution in [-0.4, -0.2) is 32.1 Å². The molecule has 142 valence electrons. The Labute approximate surface area is 153 Å². The third-order valence-corrected chi connectivity index (χ3v) is 5.52. The predicted molar refractivity (Wildman–Crippen MR) is 98.2 cm³/mol. The van der Waals surface area contributed by atoms with Crippen LogP contribution >= 0.6 is 0 Å². The molecule has 2 rings (SSSR count). The first-order valence-electron chi connectivity index (χ1n) is 8.30. The number of amides is 1. The lowest BCUT2D eigenvalue weighted by molar-refractivity contribution is -0.117. The van der Waals surface area contributed by atoms with E-state index in [1.165, 1.54) is 20.8 Å². The van der Waals surface area contributed by atoms with Crippen molar-refractivity contribution in [3.05, 3.63) is 41.3 Å². The third kappa shape index (κ3) is 4.90. The molecule has 26 heavy (non-hydrogen) atoms. The van der Waals surface area contributed by atoms with E-state index in [0.717, 1.165) is 12.1 Å². The van der Waals surface area contributed by atoms with Gasteiger partial charge in [-0.2, -0.15) is 4.72 Å². The van der Waals surface area contributed by atoms with Crippen LogP contribution in [0.15, 0.2) is 33.7 Å². The molecule has 1 heterocycles. The van der Waals surface area contributed by atoms with Gasteiger partial charge >= 0.3 is 0 Å². The Morgan fingerprint density at radius 2 is 2.04 bits per heavy atom. The molecule has 1 unspecified atom stereocenters. The molecule has 1 amide bonds. The standard InChI is InChI=1S/C17H24N4O4S/c1-5-18-10-14-7-6-8-15(9-14)19-17(22)12(3)21-26(23,24)16-11(2)20-25-13(16)4/h6-9,12,18,21H,5,10H2,1-4H3,(H,19,22). The summed E-state index contributed by atoms with van der Waals surface area (Å²) < 4.78 is 32.2. The summed E-state index contributed by atoms with van der Waals surface area (Å²) >= 11 is 0. The highest BCUT2D eigenvalue weighted by atomic mass is 32.2. The van der Waals surface area contributed by atoms with E-state index in [1.807, 2.05) is 25.1 Å². The second-order valence-corrected chi connectivity index (χ2v) is 7.62. The highest BCUT2D eigenvalue weighted by Gasteiger charge is 2.28. The molecule has 1 atom stereocenters. The molecule has 1 aromatic carbocycles. The van der Waals surface area contributed by atoms with Gasteiger partial charge < -0.3 is 15.2 Å². The molecule has 3 N–H and O–H groups in total. The zero-order valence-electron chi connectivity index (χ0n) is 15.3. The number of aromatic nitrogens is 1. The van der Waals surface area contributed by atoms with Gasteiger partial charge in [-0.15, -0.1) is 0 Å². The lowest BCUT2D eigenvalue weighted by Gasteiger charge is -2.15. The molecule has 0 bridgehead atoms. The number of anilines is 1. The summed E-state index contributed by atoms with van der Waals surface area (Å²) in [4.78, 5) is 12.3. The van der Waals surface area contributed by atoms with Crippen molar-refractivity contribution in [1.29, 1.82) is 0 Å². The molecule has 0 saturated carbocycles. The van der Waals surface area contributed by atoms with Gasteiger partial charge in [-0.1, -0.05) is 24.2 Å². The third-order valence-electron chi connectivity index (χ3n) is 3.74. The molecular formula is C17H24N4O4S. The molecule has 1 aromatic heterocycles. The molecule has 0 saturated heterocycles. The van der Waals surface area contributed by atoms with Crippen LogP contribution in [-0.2, 0) is 21.4 Å². The highest BCUT2D eigenvalue weighted by Crippen LogP contribution is 2.19. The summed E-state index contributed by atoms with van der Waals surface area (Å²) in [5.41, 5.74) is 1.88. The molecular weight excluding hydrogens is 356 g/mol. The summed E-state index contributed by atoms with van der Waals surface area (Å²) in [6.45, 7) is 8.07. The van der Waals surface area contributed by atoms with Gasteiger partial charge in [0.2, 0.25) is 15.9 Å². The maximum atomic E-state index is 12.5. The number of hydrogen-bond donors (Lipinski definition) is 3. The van der Waals surface area contributed by atoms with Crippen LogP contribution in [0.1, 0.15) is 30.9 Å². The largest absolute Gasteiger partial charge is 0.360 e. The van der Waals surface area contributed by atoms with E-state index in [-0.39, 0.29) is 16.3 Å². The van der Waals surface area contributed by atoms with Crippen LogP contribution in [0.3, 0.4) is 0 Å². The van der Waals surface area contributed by atoms with E-state index in [9.17, 15) is 13.2 Å². The molecule has 8 nitrogen and oxygen atoms in total. The number of sulfonamides is 1. The first-order valence-corrected chi connectivity index (χ1v) is 9.78. The zero-order valence-corrected chi connectivity index (χ0v) is 16.1. The van der Waals surface area contributed by atoms with Crippen LogP contribution in [0.25, 0.3) is 0 Å². The number of nitrogens with zero attached hydrogens (tertiary/aromatic N) is 1. The van der Waals surface area contributed by atoms with Crippen LogP contribution < -0.4 is 15.4 Å². The minimum Gasteiger partial charge on any atom is -0.360 e. The molecule has 0 fully saturated rings. The zero-order chi connectivity index (χ0) is 19.3. The van der Waals surface area contributed by atoms with Crippen molar-refractivity contribution in [2.24, 2.45) is 0 Å². The van der Waals surface area contributed by atoms with E-state index in [4.69, 9.17) is 4.52 Å². The molecule has 0 aliphatic heterocycles. The summed E-state index contributed by atoms with van der Waals surface area (Å²) in [6, 6.07) is 6.41. The average molecular weight is 380 g/mol. The van der Waals surface area contributed by atoms with E-state index in [2.05, 4.69) is 20.5 Å². The van der Waals surface area contributed by atoms with Crippen molar-refractivity contribution in [3.8, 4) is 0 Å². The monoisotopic (exact) mass is 380 g/mol. The minimum atomic E-state index is -3.91. The topological polar surface area (TPSA) is 113 Å². The number of benzene rings is 1. The second-order valence-electron chi connectivity index (χ2n) is 5.97. The lowest BCUT2D eigenvalue weighted by Crippen LogP contribution is -2.41. The lowest BCUT2D eigenvalue weighted by atomic mass is 10.2. The van der Waals surface area contributed by atoms with Gasteiger partial charge in [-0.25, -0.2) is 8.42 Å². The van der Waals surface area contributed by atoms with Crippen molar-refractivity contribution in [2.75, 3.05) is 11.9 Å². The Hall–Kier alpha value is -2.23. The Balaban J connectivity index is 2.06. The Kier molecular flexibility index (Phi) is 6.52. The number of aryl methyl sites for hydroxylation is 2. The molecule has 0 aliphatic carbocycles. The molecule has 0 aliphatic rings. The number of carbonyl (C=O) groups is 1. The summed E-state index contributed by atoms with van der Waals surface area (Å²) in [7, 11) is -3.91. The summed E-state index contributed by atoms with van der Waals surface area (Å²) in [5, 5.41) is 9.56. The van der Waals surface area contributed by atoms with E-state index < -0.39 is 22.0 Å². The predicted octanol–water partition coefficient (Wildman–Crippen LogP) is 1.71. The number of rotatable bonds is 8. The van der Waals surface area contributed by atoms with Crippen LogP contribution in [0.5, 0.6) is 0 Å². The number of carbonyl (C=O) groups excluding carboxylic acids is 1. The van der Waals surface area contributed by atoms with Crippen molar-refractivity contribution in [2.45, 2.75) is 45.2 Å². The van der Waals surface area contributed by atoms with Gasteiger partial charge in [0.15, 0.2) is 5.76 Å². The maximum absolute atomic E-state index is 12.5. The van der Waals surface area contributed by atoms with E-state index >= 15 is 0 Å². The van der Waals surface area contributed by atoms with E-state index in [1.54, 1.807) is 6.07 Å². The summed E-state index contributed by atoms with van der Waals surface area (Å²) in [5.74, 6) is -0.278. The van der Waals surface area contributed by atoms with Gasteiger partial charge in [0.1, 0.15) is 10.6 Å². The number of hydrogen-bond acceptors (Lipinski definition) is 6. The Morgan fingerprint density at radius 1 is 1.31 bits per heavy atom. The van der Waals surface area contributed by atoms with Gasteiger partial charge in [0.05, 0.1) is 6.04 Å². The highest BCUT2D eigenvalue weighted by molar-refractivity contribution is 7.89. The van der Waals surface area contributed by atoms with Crippen molar-refractivity contribution in [3.63, 3.8) is 0 Å². The summed E-state index contributed by atoms with van der Waals surface area (Å²) in [6.07, 6.45) is 0. The van der Waals surface area contributed by atoms with E-state index in [0.29, 0.717) is 12.2 Å². The van der Waals surface area contributed by atoms with Gasteiger partial charge in [0, 0.05) is 12.2 Å². The first-order chi connectivity index (χ1) is 12.2. The average Bonchev–Trinajstić information content (AvgIpc) is 2.92. The normalized spacial score (nSPS) is 12.8. The van der Waals surface area contributed by atoms with Crippen molar-refractivity contribution >= 4 is 21.6 Å². The van der Waals surface area contributed by atoms with Crippen LogP contribution in [0.2, 0.25) is 0 Å². The fraction of sp³-hybridized carbons (Fsp3) is 0.412. The quantitative estimate of drug-likeness (QED) is 0.642.